The Morgan fingerprint density at radius 2 is 1.92 bits per heavy atom. The topological polar surface area (TPSA) is 84.5 Å². The molecule has 0 radical (unpaired) electrons. The molecule has 0 spiro atoms. The molecule has 1 unspecified atom stereocenters. The number of nitrogens with one attached hydrogen (secondary N) is 2. The van der Waals surface area contributed by atoms with E-state index in [-0.39, 0.29) is 17.6 Å². The van der Waals surface area contributed by atoms with Gasteiger partial charge in [0.05, 0.1) is 11.3 Å². The number of carbonyl (C=O) groups excluding carboxylic acids is 3. The van der Waals surface area contributed by atoms with E-state index in [9.17, 15) is 14.4 Å². The number of rotatable bonds is 3. The lowest BCUT2D eigenvalue weighted by Gasteiger charge is -2.25. The minimum atomic E-state index is -0.674. The first kappa shape index (κ1) is 15.7. The molecule has 2 N–H and O–H groups in total. The lowest BCUT2D eigenvalue weighted by Crippen LogP contribution is -2.35. The van der Waals surface area contributed by atoms with Gasteiger partial charge in [0.2, 0.25) is 0 Å². The highest BCUT2D eigenvalue weighted by atomic mass is 16.5. The molecule has 2 aromatic carbocycles. The molecule has 0 saturated heterocycles. The van der Waals surface area contributed by atoms with Crippen molar-refractivity contribution in [1.82, 2.24) is 0 Å². The highest BCUT2D eigenvalue weighted by Crippen LogP contribution is 2.33. The number of ether oxygens (including phenoxy) is 1. The zero-order valence-electron chi connectivity index (χ0n) is 13.3. The van der Waals surface area contributed by atoms with E-state index >= 15 is 0 Å². The Kier molecular flexibility index (Phi) is 4.04. The summed E-state index contributed by atoms with van der Waals surface area (Å²) in [5.41, 5.74) is 1.80. The predicted molar refractivity (Wildman–Crippen MR) is 89.6 cm³/mol. The fraction of sp³-hybridized carbons (Fsp3) is 0.167. The standard InChI is InChI=1S/C18H16N2O4/c1-10(21)12-5-3-6-13(9-12)19-18(23)14-7-4-8-15-16(14)24-11(2)17(22)20-15/h3-9,11H,1-2H3,(H,19,23)(H,20,22). The monoisotopic (exact) mass is 324 g/mol. The average molecular weight is 324 g/mol. The summed E-state index contributed by atoms with van der Waals surface area (Å²) < 4.78 is 5.57. The zero-order chi connectivity index (χ0) is 17.3. The van der Waals surface area contributed by atoms with E-state index in [0.29, 0.717) is 28.3 Å². The molecule has 1 aliphatic heterocycles. The van der Waals surface area contributed by atoms with Gasteiger partial charge in [-0.05, 0) is 38.1 Å². The van der Waals surface area contributed by atoms with Crippen LogP contribution in [0.5, 0.6) is 5.75 Å². The minimum Gasteiger partial charge on any atom is -0.478 e. The van der Waals surface area contributed by atoms with Gasteiger partial charge in [-0.1, -0.05) is 18.2 Å². The highest BCUT2D eigenvalue weighted by molar-refractivity contribution is 6.09. The Balaban J connectivity index is 1.89. The number of hydrogen-bond acceptors (Lipinski definition) is 4. The van der Waals surface area contributed by atoms with Crippen molar-refractivity contribution in [3.8, 4) is 5.75 Å². The van der Waals surface area contributed by atoms with Crippen LogP contribution in [0.25, 0.3) is 0 Å². The number of fused-ring (bicyclic) bond motifs is 1. The van der Waals surface area contributed by atoms with Crippen LogP contribution in [0.3, 0.4) is 0 Å². The Bertz CT molecular complexity index is 845. The second-order valence-corrected chi connectivity index (χ2v) is 5.52. The molecule has 0 saturated carbocycles. The lowest BCUT2D eigenvalue weighted by atomic mass is 10.1. The quantitative estimate of drug-likeness (QED) is 0.850. The fourth-order valence-corrected chi connectivity index (χ4v) is 2.42. The molecule has 0 aromatic heterocycles. The van der Waals surface area contributed by atoms with E-state index < -0.39 is 6.10 Å². The molecular weight excluding hydrogens is 308 g/mol. The summed E-state index contributed by atoms with van der Waals surface area (Å²) >= 11 is 0. The third kappa shape index (κ3) is 2.99. The smallest absolute Gasteiger partial charge is 0.265 e. The number of Topliss-reactive ketones (excluding diaryl/α,β-unsaturated/α-hetero) is 1. The normalized spacial score (nSPS) is 15.8. The van der Waals surface area contributed by atoms with Crippen LogP contribution in [0.2, 0.25) is 0 Å². The number of benzene rings is 2. The van der Waals surface area contributed by atoms with Crippen LogP contribution in [0.15, 0.2) is 42.5 Å². The van der Waals surface area contributed by atoms with Crippen molar-refractivity contribution in [3.05, 3.63) is 53.6 Å². The number of hydrogen-bond donors (Lipinski definition) is 2. The third-order valence-electron chi connectivity index (χ3n) is 3.71. The van der Waals surface area contributed by atoms with Gasteiger partial charge in [0.1, 0.15) is 0 Å². The molecule has 6 nitrogen and oxygen atoms in total. The van der Waals surface area contributed by atoms with Gasteiger partial charge < -0.3 is 15.4 Å². The number of anilines is 2. The van der Waals surface area contributed by atoms with Crippen LogP contribution in [-0.4, -0.2) is 23.7 Å². The van der Waals surface area contributed by atoms with E-state index in [0.717, 1.165) is 0 Å². The van der Waals surface area contributed by atoms with Gasteiger partial charge in [-0.2, -0.15) is 0 Å². The molecule has 2 aromatic rings. The Hall–Kier alpha value is -3.15. The van der Waals surface area contributed by atoms with Crippen molar-refractivity contribution in [2.75, 3.05) is 10.6 Å². The highest BCUT2D eigenvalue weighted by Gasteiger charge is 2.27. The molecule has 6 heteroatoms. The van der Waals surface area contributed by atoms with Crippen LogP contribution >= 0.6 is 0 Å². The van der Waals surface area contributed by atoms with Crippen LogP contribution in [0.4, 0.5) is 11.4 Å². The van der Waals surface area contributed by atoms with E-state index in [2.05, 4.69) is 10.6 Å². The van der Waals surface area contributed by atoms with E-state index in [1.165, 1.54) is 6.92 Å². The van der Waals surface area contributed by atoms with Gasteiger partial charge in [-0.25, -0.2) is 0 Å². The van der Waals surface area contributed by atoms with Crippen molar-refractivity contribution in [1.29, 1.82) is 0 Å². The Morgan fingerprint density at radius 3 is 2.67 bits per heavy atom. The summed E-state index contributed by atoms with van der Waals surface area (Å²) in [6.07, 6.45) is -0.674. The summed E-state index contributed by atoms with van der Waals surface area (Å²) in [6.45, 7) is 3.08. The molecule has 1 atom stereocenters. The molecule has 24 heavy (non-hydrogen) atoms. The maximum absolute atomic E-state index is 12.6. The first-order valence-electron chi connectivity index (χ1n) is 7.48. The van der Waals surface area contributed by atoms with Gasteiger partial charge in [-0.15, -0.1) is 0 Å². The molecule has 0 aliphatic carbocycles. The van der Waals surface area contributed by atoms with Gasteiger partial charge in [0, 0.05) is 11.3 Å². The van der Waals surface area contributed by atoms with E-state index in [4.69, 9.17) is 4.74 Å². The average Bonchev–Trinajstić information content (AvgIpc) is 2.55. The van der Waals surface area contributed by atoms with Gasteiger partial charge in [0.25, 0.3) is 11.8 Å². The molecular formula is C18H16N2O4. The summed E-state index contributed by atoms with van der Waals surface area (Å²) in [7, 11) is 0. The van der Waals surface area contributed by atoms with Crippen molar-refractivity contribution < 1.29 is 19.1 Å². The molecule has 3 rings (SSSR count). The van der Waals surface area contributed by atoms with E-state index in [1.807, 2.05) is 0 Å². The molecule has 0 fully saturated rings. The number of para-hydroxylation sites is 1. The summed E-state index contributed by atoms with van der Waals surface area (Å²) in [5, 5.41) is 5.45. The minimum absolute atomic E-state index is 0.0805. The van der Waals surface area contributed by atoms with Crippen LogP contribution in [0.1, 0.15) is 34.6 Å². The van der Waals surface area contributed by atoms with Crippen LogP contribution in [0, 0.1) is 0 Å². The summed E-state index contributed by atoms with van der Waals surface area (Å²) in [5.74, 6) is -0.377. The number of ketones is 1. The largest absolute Gasteiger partial charge is 0.478 e. The maximum atomic E-state index is 12.6. The molecule has 122 valence electrons. The van der Waals surface area contributed by atoms with Crippen molar-refractivity contribution in [2.45, 2.75) is 20.0 Å². The number of amides is 2. The van der Waals surface area contributed by atoms with Gasteiger partial charge in [-0.3, -0.25) is 14.4 Å². The second-order valence-electron chi connectivity index (χ2n) is 5.52. The van der Waals surface area contributed by atoms with Crippen LogP contribution < -0.4 is 15.4 Å². The first-order valence-corrected chi connectivity index (χ1v) is 7.48. The Labute approximate surface area is 138 Å². The molecule has 1 heterocycles. The number of carbonyl (C=O) groups is 3. The van der Waals surface area contributed by atoms with Crippen molar-refractivity contribution >= 4 is 29.0 Å². The predicted octanol–water partition coefficient (Wildman–Crippen LogP) is 2.86. The second kappa shape index (κ2) is 6.16. The van der Waals surface area contributed by atoms with Gasteiger partial charge in [0.15, 0.2) is 17.6 Å². The first-order chi connectivity index (χ1) is 11.5. The van der Waals surface area contributed by atoms with E-state index in [1.54, 1.807) is 49.4 Å². The van der Waals surface area contributed by atoms with Crippen molar-refractivity contribution in [3.63, 3.8) is 0 Å². The van der Waals surface area contributed by atoms with Gasteiger partial charge >= 0.3 is 0 Å². The maximum Gasteiger partial charge on any atom is 0.265 e. The fourth-order valence-electron chi connectivity index (χ4n) is 2.42. The summed E-state index contributed by atoms with van der Waals surface area (Å²) in [6, 6.07) is 11.7. The Morgan fingerprint density at radius 1 is 1.17 bits per heavy atom. The lowest BCUT2D eigenvalue weighted by molar-refractivity contribution is -0.122. The SMILES string of the molecule is CC(=O)c1cccc(NC(=O)c2cccc3c2OC(C)C(=O)N3)c1. The summed E-state index contributed by atoms with van der Waals surface area (Å²) in [4.78, 5) is 35.7. The zero-order valence-corrected chi connectivity index (χ0v) is 13.3. The molecule has 0 bridgehead atoms. The molecule has 1 aliphatic rings. The van der Waals surface area contributed by atoms with Crippen LogP contribution in [-0.2, 0) is 4.79 Å². The van der Waals surface area contributed by atoms with Crippen molar-refractivity contribution in [2.24, 2.45) is 0 Å². The molecule has 2 amide bonds. The third-order valence-corrected chi connectivity index (χ3v) is 3.71.